The van der Waals surface area contributed by atoms with Crippen LogP contribution in [-0.4, -0.2) is 95.3 Å². The number of phenolic OH excluding ortho intramolecular Hbond substituents is 2. The zero-order chi connectivity index (χ0) is 36.1. The van der Waals surface area contributed by atoms with Gasteiger partial charge in [-0.15, -0.1) is 10.2 Å². The van der Waals surface area contributed by atoms with Crippen LogP contribution < -0.4 is 11.5 Å². The van der Waals surface area contributed by atoms with Crippen molar-refractivity contribution in [2.24, 2.45) is 20.5 Å². The van der Waals surface area contributed by atoms with Gasteiger partial charge in [0.1, 0.15) is 21.2 Å². The van der Waals surface area contributed by atoms with Gasteiger partial charge in [-0.3, -0.25) is 9.11 Å². The van der Waals surface area contributed by atoms with Gasteiger partial charge in [0.25, 0.3) is 20.2 Å². The van der Waals surface area contributed by atoms with Crippen LogP contribution >= 0.6 is 0 Å². The third kappa shape index (κ3) is 8.31. The maximum atomic E-state index is 12.2. The van der Waals surface area contributed by atoms with Gasteiger partial charge in [0.2, 0.25) is 0 Å². The van der Waals surface area contributed by atoms with Gasteiger partial charge in [0, 0.05) is 81.3 Å². The summed E-state index contributed by atoms with van der Waals surface area (Å²) >= 11 is 0. The molecule has 6 aromatic carbocycles. The summed E-state index contributed by atoms with van der Waals surface area (Å²) in [6.07, 6.45) is 0. The Labute approximate surface area is 342 Å². The van der Waals surface area contributed by atoms with Crippen LogP contribution in [-0.2, 0) is 20.2 Å². The van der Waals surface area contributed by atoms with Crippen LogP contribution in [0.3, 0.4) is 0 Å². The molecule has 0 aromatic heterocycles. The third-order valence-electron chi connectivity index (χ3n) is 7.95. The van der Waals surface area contributed by atoms with E-state index in [9.17, 15) is 36.2 Å². The molecule has 6 rings (SSSR count). The number of rotatable bonds is 7. The number of hydrogen-bond donors (Lipinski definition) is 6. The van der Waals surface area contributed by atoms with Crippen LogP contribution in [0.1, 0.15) is 11.1 Å². The van der Waals surface area contributed by atoms with Crippen molar-refractivity contribution in [3.63, 3.8) is 0 Å². The first-order valence-electron chi connectivity index (χ1n) is 14.6. The van der Waals surface area contributed by atoms with Crippen LogP contribution in [0.5, 0.6) is 11.5 Å². The van der Waals surface area contributed by atoms with Crippen molar-refractivity contribution < 1.29 is 36.2 Å². The number of azo groups is 2. The van der Waals surface area contributed by atoms with E-state index in [1.54, 1.807) is 38.1 Å². The number of fused-ring (bicyclic) bond motifs is 2. The molecule has 0 saturated carbocycles. The molecule has 52 heavy (non-hydrogen) atoms. The molecular weight excluding hydrogens is 731 g/mol. The van der Waals surface area contributed by atoms with Crippen molar-refractivity contribution in [2.45, 2.75) is 23.6 Å². The summed E-state index contributed by atoms with van der Waals surface area (Å²) in [4.78, 5) is -1.25. The van der Waals surface area contributed by atoms with E-state index in [1.165, 1.54) is 42.5 Å². The van der Waals surface area contributed by atoms with E-state index in [0.29, 0.717) is 39.3 Å². The van der Waals surface area contributed by atoms with Crippen LogP contribution in [0.4, 0.5) is 34.1 Å². The molecule has 0 aliphatic rings. The van der Waals surface area contributed by atoms with Crippen molar-refractivity contribution in [3.8, 4) is 22.6 Å². The Morgan fingerprint density at radius 2 is 0.962 bits per heavy atom. The van der Waals surface area contributed by atoms with Crippen LogP contribution in [0.2, 0.25) is 0 Å². The summed E-state index contributed by atoms with van der Waals surface area (Å²) in [6.45, 7) is 3.52. The molecule has 0 unspecified atom stereocenters. The molecule has 14 nitrogen and oxygen atoms in total. The molecular formula is C34H28N6Na2O8S2. The minimum atomic E-state index is -4.79. The van der Waals surface area contributed by atoms with Gasteiger partial charge < -0.3 is 21.7 Å². The first kappa shape index (κ1) is 40.8. The van der Waals surface area contributed by atoms with E-state index in [1.807, 2.05) is 12.1 Å². The van der Waals surface area contributed by atoms with Gasteiger partial charge in [-0.25, -0.2) is 0 Å². The van der Waals surface area contributed by atoms with E-state index in [0.717, 1.165) is 17.2 Å². The van der Waals surface area contributed by atoms with Crippen molar-refractivity contribution >= 4 is 135 Å². The summed E-state index contributed by atoms with van der Waals surface area (Å²) in [5, 5.41) is 39.2. The van der Waals surface area contributed by atoms with E-state index in [4.69, 9.17) is 11.5 Å². The van der Waals surface area contributed by atoms with Gasteiger partial charge >= 0.3 is 0 Å². The Hall–Kier alpha value is -3.94. The fraction of sp³-hybridized carbons (Fsp3) is 0.0588. The molecule has 0 amide bonds. The normalized spacial score (nSPS) is 12.0. The van der Waals surface area contributed by atoms with Gasteiger partial charge in [-0.05, 0) is 114 Å². The monoisotopic (exact) mass is 758 g/mol. The second-order valence-corrected chi connectivity index (χ2v) is 14.2. The summed E-state index contributed by atoms with van der Waals surface area (Å²) in [6, 6.07) is 21.7. The Kier molecular flexibility index (Phi) is 12.2. The number of anilines is 2. The maximum Gasteiger partial charge on any atom is 0.296 e. The van der Waals surface area contributed by atoms with Gasteiger partial charge in [-0.1, -0.05) is 18.2 Å². The fourth-order valence-electron chi connectivity index (χ4n) is 5.42. The quantitative estimate of drug-likeness (QED) is 0.0407. The second-order valence-electron chi connectivity index (χ2n) is 11.5. The zero-order valence-corrected chi connectivity index (χ0v) is 33.9. The molecule has 8 N–H and O–H groups in total. The number of nitrogens with two attached hydrogens (primary N) is 2. The average molecular weight is 759 g/mol. The second kappa shape index (κ2) is 15.6. The topological polar surface area (TPSA) is 251 Å². The number of aromatic hydroxyl groups is 2. The molecule has 6 aromatic rings. The van der Waals surface area contributed by atoms with Gasteiger partial charge in [0.15, 0.2) is 11.5 Å². The number of aryl methyl sites for hydroxylation is 2. The minimum absolute atomic E-state index is 0. The van der Waals surface area contributed by atoms with E-state index >= 15 is 0 Å². The first-order valence-corrected chi connectivity index (χ1v) is 17.5. The number of benzene rings is 6. The van der Waals surface area contributed by atoms with Crippen LogP contribution in [0.25, 0.3) is 32.7 Å². The maximum absolute atomic E-state index is 12.2. The number of hydrogen-bond acceptors (Lipinski definition) is 12. The van der Waals surface area contributed by atoms with Crippen molar-refractivity contribution in [1.29, 1.82) is 0 Å². The Morgan fingerprint density at radius 3 is 1.44 bits per heavy atom. The zero-order valence-electron chi connectivity index (χ0n) is 28.3. The third-order valence-corrected chi connectivity index (χ3v) is 9.68. The van der Waals surface area contributed by atoms with Gasteiger partial charge in [-0.2, -0.15) is 27.1 Å². The SMILES string of the molecule is Cc1cc(-c2ccc(N=Nc3c(S(=O)(=O)O)cc4ccc(N)cc4c3O)c(C)c2)ccc1N=Nc1c(S(=O)(=O)O)cc2cc(N)ccc2c1O.[Na].[Na]. The smallest absolute Gasteiger partial charge is 0.296 e. The Balaban J connectivity index is 0.00000302. The number of nitrogens with zero attached hydrogens (tertiary/aromatic N) is 4. The van der Waals surface area contributed by atoms with E-state index in [2.05, 4.69) is 20.5 Å². The summed E-state index contributed by atoms with van der Waals surface area (Å²) in [7, 11) is -9.57. The number of phenols is 2. The Bertz CT molecular complexity index is 2690. The summed E-state index contributed by atoms with van der Waals surface area (Å²) < 4.78 is 68.3. The van der Waals surface area contributed by atoms with Crippen molar-refractivity contribution in [3.05, 3.63) is 96.1 Å². The molecule has 0 atom stereocenters. The minimum Gasteiger partial charge on any atom is -0.505 e. The largest absolute Gasteiger partial charge is 0.505 e. The average Bonchev–Trinajstić information content (AvgIpc) is 3.04. The molecule has 0 aliphatic heterocycles. The molecule has 18 heteroatoms. The molecule has 0 heterocycles. The number of nitrogen functional groups attached to an aromatic ring is 2. The molecule has 256 valence electrons. The predicted molar refractivity (Wildman–Crippen MR) is 201 cm³/mol. The van der Waals surface area contributed by atoms with E-state index in [-0.39, 0.29) is 75.3 Å². The summed E-state index contributed by atoms with van der Waals surface area (Å²) in [5.41, 5.74) is 15.0. The standard InChI is InChI=1S/C34H28N6O8S2.2Na/c1-17-11-19(4-9-27(17)37-39-31-30(50(46,47)48)15-22-13-23(35)7-8-25(22)33(31)41)20-5-10-28(18(2)12-20)38-40-32-29(49(43,44)45)14-21-3-6-24(36)16-26(21)34(32)42;;/h3-16,41-42H,35-36H2,1-2H3,(H,43,44,45)(H,46,47,48);;. The van der Waals surface area contributed by atoms with Crippen molar-refractivity contribution in [2.75, 3.05) is 11.5 Å². The molecule has 0 spiro atoms. The molecule has 0 aliphatic carbocycles. The first-order chi connectivity index (χ1) is 23.5. The molecule has 0 bridgehead atoms. The Morgan fingerprint density at radius 1 is 0.519 bits per heavy atom. The predicted octanol–water partition coefficient (Wildman–Crippen LogP) is 7.42. The van der Waals surface area contributed by atoms with Gasteiger partial charge in [0.05, 0.1) is 11.4 Å². The van der Waals surface area contributed by atoms with Crippen molar-refractivity contribution in [1.82, 2.24) is 0 Å². The molecule has 0 saturated heterocycles. The van der Waals surface area contributed by atoms with E-state index < -0.39 is 52.9 Å². The molecule has 0 fully saturated rings. The molecule has 2 radical (unpaired) electrons. The van der Waals surface area contributed by atoms with Crippen LogP contribution in [0, 0.1) is 13.8 Å². The summed E-state index contributed by atoms with van der Waals surface area (Å²) in [5.74, 6) is -1.00. The van der Waals surface area contributed by atoms with Crippen LogP contribution in [0.15, 0.2) is 115 Å². The fourth-order valence-corrected chi connectivity index (χ4v) is 6.73.